The molecule has 6 aromatic carbocycles. The number of aliphatic carboxylic acids is 1. The van der Waals surface area contributed by atoms with Gasteiger partial charge in [0.1, 0.15) is 28.2 Å². The number of carbonyl (C=O) groups excluding carboxylic acids is 3. The molecule has 11 rings (SSSR count). The fourth-order valence-electron chi connectivity index (χ4n) is 15.7. The summed E-state index contributed by atoms with van der Waals surface area (Å²) in [6.45, 7) is 46.2. The number of likely N-dealkylation sites (tertiary alicyclic amines) is 2. The van der Waals surface area contributed by atoms with Gasteiger partial charge in [-0.15, -0.1) is 0 Å². The van der Waals surface area contributed by atoms with Crippen LogP contribution in [0.4, 0.5) is 0 Å². The number of phenols is 1. The molecule has 122 heavy (non-hydrogen) atoms. The number of oxazole rings is 3. The molecule has 6 atom stereocenters. The number of carboxylic acids is 1. The van der Waals surface area contributed by atoms with Gasteiger partial charge in [-0.1, -0.05) is 210 Å². The van der Waals surface area contributed by atoms with Crippen molar-refractivity contribution in [2.24, 2.45) is 0 Å². The second-order valence-electron chi connectivity index (χ2n) is 33.5. The molecule has 9 aromatic rings. The molecule has 5 heterocycles. The number of esters is 2. The SMILES string of the molecule is CC(C)c1ccc(C(Br)C(=O)O[C@H](C)C(C)N2CCCC2)cc1.CCCc1cc2c(oc(=O)n2C(C)C)c(CCC)c1O.CCCc1cc2c(oc(=O)n2C(C)C)c(CCC)c1OC(C(=O)O)c1ccc(C(C)C)cc1.CCCc1cc2c(oc(=O)n2C(C)C)c(CCC)c1OC(C(=O)O[C@H](C)C(=O)N1CCCC1)c1ccc(C(C)C)cc1.CO.[Li+].[OH-]. The Labute approximate surface area is 742 Å². The Balaban J connectivity index is 0.000000297. The van der Waals surface area contributed by atoms with Gasteiger partial charge < -0.3 is 57.9 Å². The molecule has 2 aliphatic heterocycles. The molecule has 3 aromatic heterocycles. The number of phenolic OH excluding ortho intramolecular Hbond substituents is 1. The van der Waals surface area contributed by atoms with Crippen molar-refractivity contribution in [1.29, 1.82) is 0 Å². The standard InChI is InChI=1S/C34H46N2O6.C27H35NO5.C19H28BrNO2.C16H23NO3.CH4O.Li.H2O/c1-8-12-26-20-28-31(42-34(39)36(28)22(5)6)27(13-9-2)29(26)41-30(25-16-14-24(15-17-25)21(3)4)33(38)40-23(7)32(37)35-18-10-11-19-35;1-7-9-20-15-22-25(33-27(31)28(22)17(5)6)21(10-8-2)23(20)32-24(26(29)30)19-13-11-18(12-14-19)16(3)4;1-13(2)16-7-9-17(10-8-16)18(20)19(22)23-15(4)14(3)21-11-5-6-12-21;1-5-7-11-9-13-15(12(8-6-2)14(11)18)20-16(19)17(13)10(3)4;1-2;;/h14-17,20-23,30H,8-13,18-19H2,1-7H3;11-17,24H,7-10H2,1-6H3,(H,29,30);7-10,13-15,18H,5-6,11-12H2,1-4H3;9-10,18H,5-8H2,1-4H3;2H,1H3;;1H2/q;;;;;+1;/p-1/t23-,30?;;14?,15-,18?;;;;/m1.1..../s1. The fraction of sp³-hybridized carbons (Fsp3) is 0.557. The molecule has 0 spiro atoms. The zero-order chi connectivity index (χ0) is 88.7. The summed E-state index contributed by atoms with van der Waals surface area (Å²) in [5.41, 5.74) is 14.5. The van der Waals surface area contributed by atoms with Gasteiger partial charge in [-0.3, -0.25) is 28.2 Å². The van der Waals surface area contributed by atoms with Gasteiger partial charge in [0, 0.05) is 72.2 Å². The molecule has 25 heteroatoms. The van der Waals surface area contributed by atoms with Crippen LogP contribution in [0, 0.1) is 0 Å². The number of hydrogen-bond donors (Lipinski definition) is 3. The third-order valence-corrected chi connectivity index (χ3v) is 23.2. The molecule has 1 amide bonds. The van der Waals surface area contributed by atoms with Crippen molar-refractivity contribution < 1.29 is 91.0 Å². The van der Waals surface area contributed by atoms with Crippen LogP contribution in [-0.4, -0.2) is 120 Å². The first-order valence-electron chi connectivity index (χ1n) is 43.8. The third-order valence-electron chi connectivity index (χ3n) is 22.3. The average molecular weight is 1750 g/mol. The molecule has 4 unspecified atom stereocenters. The number of aromatic nitrogens is 3. The van der Waals surface area contributed by atoms with Crippen molar-refractivity contribution in [3.05, 3.63) is 189 Å². The van der Waals surface area contributed by atoms with Gasteiger partial charge in [-0.05, 0) is 215 Å². The van der Waals surface area contributed by atoms with Crippen molar-refractivity contribution in [3.63, 3.8) is 0 Å². The monoisotopic (exact) mass is 1750 g/mol. The predicted molar refractivity (Wildman–Crippen MR) is 483 cm³/mol. The molecule has 4 N–H and O–H groups in total. The van der Waals surface area contributed by atoms with Crippen LogP contribution in [0.2, 0.25) is 0 Å². The van der Waals surface area contributed by atoms with Crippen molar-refractivity contribution >= 4 is 73.0 Å². The smallest absolute Gasteiger partial charge is 0.870 e. The summed E-state index contributed by atoms with van der Waals surface area (Å²) >= 11 is 3.49. The number of benzene rings is 6. The van der Waals surface area contributed by atoms with Crippen molar-refractivity contribution in [2.75, 3.05) is 33.3 Å². The zero-order valence-electron chi connectivity index (χ0n) is 76.8. The summed E-state index contributed by atoms with van der Waals surface area (Å²) in [5.74, 6) is -0.707. The molecule has 0 saturated carbocycles. The van der Waals surface area contributed by atoms with Gasteiger partial charge in [0.2, 0.25) is 12.2 Å². The third kappa shape index (κ3) is 25.8. The van der Waals surface area contributed by atoms with Crippen LogP contribution in [0.1, 0.15) is 329 Å². The normalized spacial score (nSPS) is 14.2. The Morgan fingerprint density at radius 1 is 0.434 bits per heavy atom. The molecular weight excluding hydrogens is 1610 g/mol. The van der Waals surface area contributed by atoms with Crippen LogP contribution >= 0.6 is 15.9 Å². The molecule has 0 radical (unpaired) electrons. The van der Waals surface area contributed by atoms with E-state index in [1.165, 1.54) is 18.4 Å². The number of nitrogens with zero attached hydrogens (tertiary/aromatic N) is 5. The van der Waals surface area contributed by atoms with Crippen molar-refractivity contribution in [3.8, 4) is 17.2 Å². The number of hydrogen-bond acceptors (Lipinski definition) is 18. The maximum atomic E-state index is 13.9. The van der Waals surface area contributed by atoms with Gasteiger partial charge in [-0.2, -0.15) is 0 Å². The van der Waals surface area contributed by atoms with E-state index in [1.54, 1.807) is 25.5 Å². The average Bonchev–Trinajstić information content (AvgIpc) is 1.59. The number of amides is 1. The minimum absolute atomic E-state index is 0. The fourth-order valence-corrected chi connectivity index (χ4v) is 16.1. The van der Waals surface area contributed by atoms with Crippen LogP contribution in [0.25, 0.3) is 33.3 Å². The Morgan fingerprint density at radius 3 is 1.11 bits per heavy atom. The number of ether oxygens (including phenoxy) is 4. The van der Waals surface area contributed by atoms with Gasteiger partial charge >= 0.3 is 54.0 Å². The van der Waals surface area contributed by atoms with E-state index in [2.05, 4.69) is 116 Å². The van der Waals surface area contributed by atoms with E-state index in [4.69, 9.17) is 37.3 Å². The van der Waals surface area contributed by atoms with Gasteiger partial charge in [-0.25, -0.2) is 24.0 Å². The number of aliphatic hydroxyl groups is 1. The van der Waals surface area contributed by atoms with Gasteiger partial charge in [0.25, 0.3) is 5.91 Å². The molecule has 23 nitrogen and oxygen atoms in total. The van der Waals surface area contributed by atoms with Crippen molar-refractivity contribution in [2.45, 2.75) is 319 Å². The van der Waals surface area contributed by atoms with E-state index in [0.717, 1.165) is 145 Å². The van der Waals surface area contributed by atoms with Crippen LogP contribution < -0.4 is 45.6 Å². The summed E-state index contributed by atoms with van der Waals surface area (Å²) in [7, 11) is 1.00. The Bertz CT molecular complexity index is 5000. The first-order valence-corrected chi connectivity index (χ1v) is 44.7. The molecule has 2 saturated heterocycles. The van der Waals surface area contributed by atoms with Crippen LogP contribution in [0.15, 0.2) is 119 Å². The number of carboxylic acid groups (broad SMARTS) is 1. The van der Waals surface area contributed by atoms with E-state index in [9.17, 15) is 43.8 Å². The maximum Gasteiger partial charge on any atom is 1.00 e. The van der Waals surface area contributed by atoms with Crippen LogP contribution in [0.5, 0.6) is 17.2 Å². The van der Waals surface area contributed by atoms with E-state index in [1.807, 2.05) is 134 Å². The summed E-state index contributed by atoms with van der Waals surface area (Å²) < 4.78 is 46.3. The second kappa shape index (κ2) is 49.2. The predicted octanol–water partition coefficient (Wildman–Crippen LogP) is 18.2. The minimum Gasteiger partial charge on any atom is -0.870 e. The van der Waals surface area contributed by atoms with Gasteiger partial charge in [0.05, 0.1) is 16.6 Å². The van der Waals surface area contributed by atoms with E-state index < -0.39 is 46.6 Å². The first kappa shape index (κ1) is 104. The van der Waals surface area contributed by atoms with E-state index >= 15 is 0 Å². The molecule has 2 aliphatic rings. The largest absolute Gasteiger partial charge is 1.00 e. The number of fused-ring (bicyclic) bond motifs is 3. The van der Waals surface area contributed by atoms with E-state index in [-0.39, 0.29) is 72.2 Å². The quantitative estimate of drug-likeness (QED) is 0.0195. The number of aryl methyl sites for hydroxylation is 6. The molecule has 0 aliphatic carbocycles. The first-order chi connectivity index (χ1) is 57.2. The number of halogens is 1. The number of aromatic hydroxyl groups is 1. The Hall–Kier alpha value is -8.63. The maximum absolute atomic E-state index is 13.9. The van der Waals surface area contributed by atoms with Crippen LogP contribution in [-0.2, 0) is 67.2 Å². The number of rotatable bonds is 33. The zero-order valence-corrected chi connectivity index (χ0v) is 78.4. The summed E-state index contributed by atoms with van der Waals surface area (Å²) in [4.78, 5) is 92.8. The molecule has 0 bridgehead atoms. The summed E-state index contributed by atoms with van der Waals surface area (Å²) in [6.07, 6.45) is 10.4. The molecule has 2 fully saturated rings. The van der Waals surface area contributed by atoms with Crippen molar-refractivity contribution in [1.82, 2.24) is 23.5 Å². The Kier molecular flexibility index (Phi) is 41.9. The number of aliphatic hydroxyl groups excluding tert-OH is 1. The summed E-state index contributed by atoms with van der Waals surface area (Å²) in [6, 6.07) is 29.4. The minimum atomic E-state index is -1.16. The second-order valence-corrected chi connectivity index (χ2v) is 34.4. The topological polar surface area (TPSA) is 308 Å². The number of alkyl halides is 1. The molecule has 666 valence electrons. The Morgan fingerprint density at radius 2 is 0.754 bits per heavy atom. The van der Waals surface area contributed by atoms with Gasteiger partial charge in [0.15, 0.2) is 22.9 Å². The van der Waals surface area contributed by atoms with E-state index in [0.29, 0.717) is 108 Å². The van der Waals surface area contributed by atoms with Crippen LogP contribution in [0.3, 0.4) is 0 Å². The summed E-state index contributed by atoms with van der Waals surface area (Å²) in [5, 5.41) is 27.5. The molecular formula is C97H137BrLiN5O18. The number of carbonyl (C=O) groups is 4.